The lowest BCUT2D eigenvalue weighted by atomic mass is 10.0. The number of nitrogens with zero attached hydrogens (tertiary/aromatic N) is 2. The molecule has 24 heavy (non-hydrogen) atoms. The van der Waals surface area contributed by atoms with Crippen LogP contribution in [0.3, 0.4) is 0 Å². The molecule has 0 unspecified atom stereocenters. The Balaban J connectivity index is 2.09. The molecule has 2 aromatic rings. The van der Waals surface area contributed by atoms with Gasteiger partial charge in [-0.1, -0.05) is 0 Å². The maximum atomic E-state index is 12.2. The number of esters is 1. The average Bonchev–Trinajstić information content (AvgIpc) is 2.59. The van der Waals surface area contributed by atoms with Crippen molar-refractivity contribution >= 4 is 28.5 Å². The molecule has 0 saturated carbocycles. The van der Waals surface area contributed by atoms with Gasteiger partial charge in [0.05, 0.1) is 37.6 Å². The van der Waals surface area contributed by atoms with Gasteiger partial charge in [-0.2, -0.15) is 0 Å². The van der Waals surface area contributed by atoms with Crippen molar-refractivity contribution < 1.29 is 23.8 Å². The van der Waals surface area contributed by atoms with E-state index in [4.69, 9.17) is 14.2 Å². The minimum atomic E-state index is -0.592. The molecule has 0 spiro atoms. The number of carbonyl (C=O) groups is 2. The third-order valence-corrected chi connectivity index (χ3v) is 3.71. The van der Waals surface area contributed by atoms with Gasteiger partial charge in [0.15, 0.2) is 11.5 Å². The largest absolute Gasteiger partial charge is 0.493 e. The molecule has 0 bridgehead atoms. The number of aromatic nitrogens is 1. The Morgan fingerprint density at radius 2 is 1.88 bits per heavy atom. The molecule has 1 aromatic carbocycles. The van der Waals surface area contributed by atoms with Crippen molar-refractivity contribution in [3.63, 3.8) is 0 Å². The topological polar surface area (TPSA) is 87.1 Å². The minimum absolute atomic E-state index is 0.0710. The second kappa shape index (κ2) is 6.27. The molecule has 0 saturated heterocycles. The van der Waals surface area contributed by atoms with Gasteiger partial charge in [-0.05, 0) is 19.1 Å². The smallest absolute Gasteiger partial charge is 0.353 e. The number of benzene rings is 1. The van der Waals surface area contributed by atoms with Gasteiger partial charge in [-0.25, -0.2) is 9.79 Å². The van der Waals surface area contributed by atoms with Crippen LogP contribution in [0.4, 0.5) is 0 Å². The highest BCUT2D eigenvalue weighted by Crippen LogP contribution is 2.33. The van der Waals surface area contributed by atoms with E-state index in [2.05, 4.69) is 9.98 Å². The summed E-state index contributed by atoms with van der Waals surface area (Å²) in [6, 6.07) is 5.18. The van der Waals surface area contributed by atoms with Crippen LogP contribution in [-0.4, -0.2) is 43.4 Å². The highest BCUT2D eigenvalue weighted by molar-refractivity contribution is 6.40. The molecule has 1 aliphatic rings. The number of carbonyl (C=O) groups excluding carboxylic acids is 2. The molecule has 0 atom stereocenters. The third kappa shape index (κ3) is 2.68. The Bertz CT molecular complexity index is 873. The maximum Gasteiger partial charge on any atom is 0.353 e. The molecule has 0 fully saturated rings. The lowest BCUT2D eigenvalue weighted by Gasteiger charge is -2.15. The van der Waals surface area contributed by atoms with E-state index < -0.39 is 11.9 Å². The van der Waals surface area contributed by atoms with E-state index in [0.29, 0.717) is 28.3 Å². The Morgan fingerprint density at radius 3 is 2.54 bits per heavy atom. The number of methoxy groups -OCH3 is 2. The molecule has 0 aliphatic carbocycles. The Labute approximate surface area is 138 Å². The number of fused-ring (bicyclic) bond motifs is 2. The van der Waals surface area contributed by atoms with Crippen LogP contribution >= 0.6 is 0 Å². The fourth-order valence-electron chi connectivity index (χ4n) is 2.57. The summed E-state index contributed by atoms with van der Waals surface area (Å²) in [5, 5.41) is 0.731. The fourth-order valence-corrected chi connectivity index (χ4v) is 2.57. The molecular formula is C17H16N2O5. The van der Waals surface area contributed by atoms with Crippen LogP contribution in [-0.2, 0) is 16.0 Å². The van der Waals surface area contributed by atoms with Crippen LogP contribution in [0, 0.1) is 0 Å². The molecule has 7 heteroatoms. The van der Waals surface area contributed by atoms with Crippen molar-refractivity contribution in [2.75, 3.05) is 20.8 Å². The van der Waals surface area contributed by atoms with Crippen molar-refractivity contribution in [2.24, 2.45) is 4.99 Å². The average molecular weight is 328 g/mol. The number of rotatable bonds is 4. The summed E-state index contributed by atoms with van der Waals surface area (Å²) in [5.41, 5.74) is 1.59. The Morgan fingerprint density at radius 1 is 1.17 bits per heavy atom. The van der Waals surface area contributed by atoms with Gasteiger partial charge < -0.3 is 14.2 Å². The summed E-state index contributed by atoms with van der Waals surface area (Å²) < 4.78 is 15.4. The molecule has 7 nitrogen and oxygen atoms in total. The first-order chi connectivity index (χ1) is 11.6. The predicted molar refractivity (Wildman–Crippen MR) is 86.9 cm³/mol. The van der Waals surface area contributed by atoms with Gasteiger partial charge >= 0.3 is 5.97 Å². The first kappa shape index (κ1) is 15.9. The number of amides is 1. The van der Waals surface area contributed by atoms with E-state index in [1.54, 1.807) is 25.1 Å². The molecule has 2 heterocycles. The van der Waals surface area contributed by atoms with E-state index in [9.17, 15) is 9.59 Å². The van der Waals surface area contributed by atoms with Crippen LogP contribution in [0.25, 0.3) is 10.9 Å². The zero-order valence-electron chi connectivity index (χ0n) is 13.6. The summed E-state index contributed by atoms with van der Waals surface area (Å²) in [5.74, 6) is -0.00112. The Hall–Kier alpha value is -2.96. The quantitative estimate of drug-likeness (QED) is 0.797. The molecule has 1 amide bonds. The SMILES string of the molecule is CCOC(=O)C1=NC(=O)c2cc3cc(OC)c(OC)cc3nc2C1. The van der Waals surface area contributed by atoms with Gasteiger partial charge in [0.1, 0.15) is 5.71 Å². The van der Waals surface area contributed by atoms with Gasteiger partial charge in [0.2, 0.25) is 0 Å². The highest BCUT2D eigenvalue weighted by Gasteiger charge is 2.26. The predicted octanol–water partition coefficient (Wildman–Crippen LogP) is 1.95. The summed E-state index contributed by atoms with van der Waals surface area (Å²) in [6.07, 6.45) is 0.157. The summed E-state index contributed by atoms with van der Waals surface area (Å²) in [6.45, 7) is 1.92. The first-order valence-electron chi connectivity index (χ1n) is 7.42. The molecular weight excluding hydrogens is 312 g/mol. The first-order valence-corrected chi connectivity index (χ1v) is 7.42. The minimum Gasteiger partial charge on any atom is -0.493 e. The van der Waals surface area contributed by atoms with Gasteiger partial charge in [-0.15, -0.1) is 0 Å². The van der Waals surface area contributed by atoms with E-state index in [1.807, 2.05) is 0 Å². The normalized spacial score (nSPS) is 13.3. The van der Waals surface area contributed by atoms with Crippen LogP contribution in [0.15, 0.2) is 23.2 Å². The second-order valence-electron chi connectivity index (χ2n) is 5.14. The van der Waals surface area contributed by atoms with Crippen molar-refractivity contribution in [3.8, 4) is 11.5 Å². The zero-order chi connectivity index (χ0) is 17.3. The van der Waals surface area contributed by atoms with E-state index in [-0.39, 0.29) is 18.7 Å². The molecule has 1 aromatic heterocycles. The standard InChI is InChI=1S/C17H16N2O5/c1-4-24-17(21)13-7-12-10(16(20)19-13)5-9-6-14(22-2)15(23-3)8-11(9)18-12/h5-6,8H,4,7H2,1-3H3. The van der Waals surface area contributed by atoms with Gasteiger partial charge in [0.25, 0.3) is 5.91 Å². The third-order valence-electron chi connectivity index (χ3n) is 3.71. The van der Waals surface area contributed by atoms with Gasteiger partial charge in [0, 0.05) is 17.9 Å². The second-order valence-corrected chi connectivity index (χ2v) is 5.14. The monoisotopic (exact) mass is 328 g/mol. The number of pyridine rings is 1. The summed E-state index contributed by atoms with van der Waals surface area (Å²) in [7, 11) is 3.08. The molecule has 0 N–H and O–H groups in total. The van der Waals surface area contributed by atoms with E-state index in [0.717, 1.165) is 5.39 Å². The van der Waals surface area contributed by atoms with Crippen molar-refractivity contribution in [2.45, 2.75) is 13.3 Å². The zero-order valence-corrected chi connectivity index (χ0v) is 13.6. The van der Waals surface area contributed by atoms with Crippen LogP contribution in [0.1, 0.15) is 23.0 Å². The van der Waals surface area contributed by atoms with Crippen LogP contribution < -0.4 is 9.47 Å². The van der Waals surface area contributed by atoms with Crippen LogP contribution in [0.2, 0.25) is 0 Å². The molecule has 124 valence electrons. The van der Waals surface area contributed by atoms with Crippen molar-refractivity contribution in [3.05, 3.63) is 29.5 Å². The van der Waals surface area contributed by atoms with Crippen molar-refractivity contribution in [1.82, 2.24) is 4.98 Å². The summed E-state index contributed by atoms with van der Waals surface area (Å²) >= 11 is 0. The lowest BCUT2D eigenvalue weighted by molar-refractivity contribution is -0.135. The number of hydrogen-bond donors (Lipinski definition) is 0. The Kier molecular flexibility index (Phi) is 4.16. The molecule has 0 radical (unpaired) electrons. The lowest BCUT2D eigenvalue weighted by Crippen LogP contribution is -2.26. The van der Waals surface area contributed by atoms with E-state index in [1.165, 1.54) is 14.2 Å². The molecule has 1 aliphatic heterocycles. The van der Waals surface area contributed by atoms with Gasteiger partial charge in [-0.3, -0.25) is 9.78 Å². The molecule has 3 rings (SSSR count). The van der Waals surface area contributed by atoms with E-state index >= 15 is 0 Å². The summed E-state index contributed by atoms with van der Waals surface area (Å²) in [4.78, 5) is 32.4. The number of aliphatic imine (C=N–C) groups is 1. The number of ether oxygens (including phenoxy) is 3. The maximum absolute atomic E-state index is 12.2. The number of hydrogen-bond acceptors (Lipinski definition) is 6. The fraction of sp³-hybridized carbons (Fsp3) is 0.294. The van der Waals surface area contributed by atoms with Crippen molar-refractivity contribution in [1.29, 1.82) is 0 Å². The highest BCUT2D eigenvalue weighted by atomic mass is 16.5. The van der Waals surface area contributed by atoms with Crippen LogP contribution in [0.5, 0.6) is 11.5 Å².